The van der Waals surface area contributed by atoms with Crippen LogP contribution in [-0.4, -0.2) is 17.1 Å². The largest absolute Gasteiger partial charge is 0.363 e. The fourth-order valence-corrected chi connectivity index (χ4v) is 3.14. The average Bonchev–Trinajstić information content (AvgIpc) is 2.97. The quantitative estimate of drug-likeness (QED) is 0.521. The molecule has 1 aromatic carbocycles. The minimum absolute atomic E-state index is 0.174. The number of rotatable bonds is 3. The minimum Gasteiger partial charge on any atom is -0.363 e. The van der Waals surface area contributed by atoms with Gasteiger partial charge in [0.1, 0.15) is 23.5 Å². The summed E-state index contributed by atoms with van der Waals surface area (Å²) in [6, 6.07) is 6.18. The van der Waals surface area contributed by atoms with E-state index in [0.29, 0.717) is 11.5 Å². The molecule has 0 spiro atoms. The Labute approximate surface area is 150 Å². The van der Waals surface area contributed by atoms with Crippen LogP contribution in [0.1, 0.15) is 18.5 Å². The van der Waals surface area contributed by atoms with Gasteiger partial charge in [-0.05, 0) is 42.8 Å². The molecule has 2 unspecified atom stereocenters. The summed E-state index contributed by atoms with van der Waals surface area (Å²) in [4.78, 5) is 12.8. The van der Waals surface area contributed by atoms with E-state index in [1.807, 2.05) is 25.1 Å². The number of nitrogens with one attached hydrogen (secondary N) is 5. The van der Waals surface area contributed by atoms with Gasteiger partial charge >= 0.3 is 0 Å². The Hall–Kier alpha value is -3.26. The van der Waals surface area contributed by atoms with Crippen LogP contribution in [-0.2, 0) is 4.79 Å². The molecule has 1 amide bonds. The maximum atomic E-state index is 13.5. The number of hydrogen-bond donors (Lipinski definition) is 5. The van der Waals surface area contributed by atoms with Crippen LogP contribution < -0.4 is 26.9 Å². The summed E-state index contributed by atoms with van der Waals surface area (Å²) in [7, 11) is 0. The summed E-state index contributed by atoms with van der Waals surface area (Å²) >= 11 is 0. The molecule has 0 aromatic heterocycles. The van der Waals surface area contributed by atoms with E-state index in [-0.39, 0.29) is 23.9 Å². The Kier molecular flexibility index (Phi) is 4.10. The number of hydrazine groups is 2. The molecule has 3 aliphatic rings. The normalized spacial score (nSPS) is 23.6. The molecule has 3 aliphatic heterocycles. The highest BCUT2D eigenvalue weighted by Gasteiger charge is 2.36. The molecule has 0 bridgehead atoms. The van der Waals surface area contributed by atoms with Crippen LogP contribution in [0.5, 0.6) is 0 Å². The molecule has 1 aromatic rings. The van der Waals surface area contributed by atoms with Gasteiger partial charge in [0, 0.05) is 11.9 Å². The zero-order valence-corrected chi connectivity index (χ0v) is 14.1. The second-order valence-corrected chi connectivity index (χ2v) is 6.14. The van der Waals surface area contributed by atoms with Gasteiger partial charge in [0.05, 0.1) is 6.04 Å². The van der Waals surface area contributed by atoms with Crippen LogP contribution in [0, 0.1) is 5.82 Å². The Morgan fingerprint density at radius 1 is 1.31 bits per heavy atom. The Bertz CT molecular complexity index is 859. The van der Waals surface area contributed by atoms with Crippen molar-refractivity contribution in [3.8, 4) is 0 Å². The average molecular weight is 354 g/mol. The molecule has 2 atom stereocenters. The van der Waals surface area contributed by atoms with Gasteiger partial charge in [-0.25, -0.2) is 9.82 Å². The van der Waals surface area contributed by atoms with Crippen molar-refractivity contribution in [1.29, 1.82) is 0 Å². The van der Waals surface area contributed by atoms with Gasteiger partial charge in [0.2, 0.25) is 0 Å². The van der Waals surface area contributed by atoms with Gasteiger partial charge in [-0.2, -0.15) is 0 Å². The molecule has 0 saturated heterocycles. The van der Waals surface area contributed by atoms with Gasteiger partial charge < -0.3 is 16.1 Å². The first-order valence-electron chi connectivity index (χ1n) is 8.28. The van der Waals surface area contributed by atoms with Crippen molar-refractivity contribution in [3.63, 3.8) is 0 Å². The lowest BCUT2D eigenvalue weighted by Crippen LogP contribution is -2.51. The molecule has 0 radical (unpaired) electrons. The van der Waals surface area contributed by atoms with E-state index >= 15 is 0 Å². The van der Waals surface area contributed by atoms with E-state index in [2.05, 4.69) is 26.9 Å². The topological polar surface area (TPSA) is 80.5 Å². The van der Waals surface area contributed by atoms with Crippen molar-refractivity contribution in [3.05, 3.63) is 83.4 Å². The summed E-state index contributed by atoms with van der Waals surface area (Å²) in [5.74, 6) is 0.00421. The summed E-state index contributed by atoms with van der Waals surface area (Å²) < 4.78 is 13.5. The predicted molar refractivity (Wildman–Crippen MR) is 94.5 cm³/mol. The van der Waals surface area contributed by atoms with E-state index in [4.69, 9.17) is 0 Å². The zero-order chi connectivity index (χ0) is 18.1. The summed E-state index contributed by atoms with van der Waals surface area (Å²) in [5.41, 5.74) is 11.0. The lowest BCUT2D eigenvalue weighted by Gasteiger charge is -2.34. The Morgan fingerprint density at radius 3 is 2.96 bits per heavy atom. The highest BCUT2D eigenvalue weighted by Crippen LogP contribution is 2.27. The second-order valence-electron chi connectivity index (χ2n) is 6.14. The molecular formula is C18H19FN6O. The molecular weight excluding hydrogens is 335 g/mol. The SMILES string of the molecule is CC1=C(C(=O)NC2=CC=CNN2)N2NC(c3cccc(F)c3)C=CC2N1. The number of halogens is 1. The third kappa shape index (κ3) is 3.02. The van der Waals surface area contributed by atoms with Crippen LogP contribution >= 0.6 is 0 Å². The monoisotopic (exact) mass is 354 g/mol. The first-order valence-corrected chi connectivity index (χ1v) is 8.28. The van der Waals surface area contributed by atoms with Crippen LogP contribution in [0.2, 0.25) is 0 Å². The molecule has 0 aliphatic carbocycles. The molecule has 0 saturated carbocycles. The van der Waals surface area contributed by atoms with Crippen molar-refractivity contribution in [2.75, 3.05) is 0 Å². The van der Waals surface area contributed by atoms with Gasteiger partial charge in [-0.15, -0.1) is 0 Å². The number of carbonyl (C=O) groups is 1. The standard InChI is InChI=1S/C18H19FN6O/c1-11-17(18(26)22-15-6-3-9-20-23-15)25-16(21-11)8-7-14(24-25)12-4-2-5-13(19)10-12/h2-10,14,16,20-21,23-24H,1H3,(H,22,26). The third-order valence-corrected chi connectivity index (χ3v) is 4.32. The second kappa shape index (κ2) is 6.57. The maximum Gasteiger partial charge on any atom is 0.276 e. The van der Waals surface area contributed by atoms with Crippen molar-refractivity contribution < 1.29 is 9.18 Å². The molecule has 7 nitrogen and oxygen atoms in total. The predicted octanol–water partition coefficient (Wildman–Crippen LogP) is 0.983. The molecule has 134 valence electrons. The van der Waals surface area contributed by atoms with Crippen molar-refractivity contribution >= 4 is 5.91 Å². The highest BCUT2D eigenvalue weighted by atomic mass is 19.1. The lowest BCUT2D eigenvalue weighted by atomic mass is 10.1. The molecule has 4 rings (SSSR count). The number of hydrogen-bond acceptors (Lipinski definition) is 6. The van der Waals surface area contributed by atoms with Crippen LogP contribution in [0.3, 0.4) is 0 Å². The first-order chi connectivity index (χ1) is 12.6. The van der Waals surface area contributed by atoms with Crippen molar-refractivity contribution in [1.82, 2.24) is 31.9 Å². The lowest BCUT2D eigenvalue weighted by molar-refractivity contribution is -0.119. The van der Waals surface area contributed by atoms with E-state index < -0.39 is 0 Å². The van der Waals surface area contributed by atoms with E-state index in [0.717, 1.165) is 11.3 Å². The third-order valence-electron chi connectivity index (χ3n) is 4.32. The highest BCUT2D eigenvalue weighted by molar-refractivity contribution is 5.95. The smallest absolute Gasteiger partial charge is 0.276 e. The number of benzene rings is 1. The number of nitrogens with zero attached hydrogens (tertiary/aromatic N) is 1. The molecule has 26 heavy (non-hydrogen) atoms. The number of fused-ring (bicyclic) bond motifs is 1. The van der Waals surface area contributed by atoms with Gasteiger partial charge in [0.15, 0.2) is 0 Å². The minimum atomic E-state index is -0.292. The van der Waals surface area contributed by atoms with Crippen molar-refractivity contribution in [2.24, 2.45) is 0 Å². The van der Waals surface area contributed by atoms with Crippen LogP contribution in [0.25, 0.3) is 0 Å². The van der Waals surface area contributed by atoms with E-state index in [1.165, 1.54) is 12.1 Å². The Morgan fingerprint density at radius 2 is 2.19 bits per heavy atom. The fraction of sp³-hybridized carbons (Fsp3) is 0.167. The summed E-state index contributed by atoms with van der Waals surface area (Å²) in [6.45, 7) is 1.85. The van der Waals surface area contributed by atoms with E-state index in [9.17, 15) is 9.18 Å². The molecule has 8 heteroatoms. The van der Waals surface area contributed by atoms with Crippen LogP contribution in [0.4, 0.5) is 4.39 Å². The number of allylic oxidation sites excluding steroid dienone is 3. The molecule has 5 N–H and O–H groups in total. The van der Waals surface area contributed by atoms with E-state index in [1.54, 1.807) is 29.4 Å². The van der Waals surface area contributed by atoms with Gasteiger partial charge in [-0.3, -0.25) is 15.2 Å². The summed E-state index contributed by atoms with van der Waals surface area (Å²) in [6.07, 6.45) is 8.99. The molecule has 3 heterocycles. The molecule has 0 fully saturated rings. The van der Waals surface area contributed by atoms with Gasteiger partial charge in [0.25, 0.3) is 5.91 Å². The zero-order valence-electron chi connectivity index (χ0n) is 14.1. The van der Waals surface area contributed by atoms with Crippen LogP contribution in [0.15, 0.2) is 72.0 Å². The Balaban J connectivity index is 1.54. The first kappa shape index (κ1) is 16.2. The van der Waals surface area contributed by atoms with Gasteiger partial charge in [-0.1, -0.05) is 18.2 Å². The summed E-state index contributed by atoms with van der Waals surface area (Å²) in [5, 5.41) is 7.85. The van der Waals surface area contributed by atoms with Crippen molar-refractivity contribution in [2.45, 2.75) is 19.1 Å². The fourth-order valence-electron chi connectivity index (χ4n) is 3.14. The number of amides is 1. The number of carbonyl (C=O) groups excluding carboxylic acids is 1. The maximum absolute atomic E-state index is 13.5.